The normalized spacial score (nSPS) is 56.6. The second-order valence-corrected chi connectivity index (χ2v) is 2.65. The first-order valence-electron chi connectivity index (χ1n) is 3.91. The van der Waals surface area contributed by atoms with Gasteiger partial charge in [-0.2, -0.15) is 0 Å². The fourth-order valence-corrected chi connectivity index (χ4v) is 0.928. The Morgan fingerprint density at radius 3 is 2.58 bits per heavy atom. The molecule has 6 heteroatoms. The lowest BCUT2D eigenvalue weighted by molar-refractivity contribution is -0.331. The summed E-state index contributed by atoms with van der Waals surface area (Å²) < 4.78 is 11.6. The molecule has 0 bridgehead atoms. The van der Waals surface area contributed by atoms with Crippen LogP contribution in [0.25, 0.3) is 0 Å². The van der Waals surface area contributed by atoms with Crippen LogP contribution in [0.4, 0.5) is 0 Å². The van der Waals surface area contributed by atoms with Gasteiger partial charge in [0, 0.05) is 0 Å². The van der Waals surface area contributed by atoms with Gasteiger partial charge in [-0.1, -0.05) is 0 Å². The highest BCUT2D eigenvalue weighted by atomic mass is 16.7. The van der Waals surface area contributed by atoms with Gasteiger partial charge in [0.1, 0.15) is 18.3 Å². The number of aliphatic hydroxyl groups excluding tert-OH is 3. The predicted molar refractivity (Wildman–Crippen MR) is 36.0 cm³/mol. The lowest BCUT2D eigenvalue weighted by Crippen LogP contribution is -2.62. The van der Waals surface area contributed by atoms with Crippen LogP contribution in [-0.4, -0.2) is 62.8 Å². The number of aliphatic hydroxyl groups is 5. The molecule has 0 aliphatic carbocycles. The van der Waals surface area contributed by atoms with Crippen LogP contribution in [0, 0.1) is 0 Å². The van der Waals surface area contributed by atoms with Crippen molar-refractivity contribution in [2.24, 2.45) is 0 Å². The third-order valence-electron chi connectivity index (χ3n) is 1.75. The van der Waals surface area contributed by atoms with Crippen LogP contribution >= 0.6 is 0 Å². The highest BCUT2D eigenvalue weighted by Gasteiger charge is 2.47. The van der Waals surface area contributed by atoms with Crippen molar-refractivity contribution in [1.82, 2.24) is 0 Å². The second-order valence-electron chi connectivity index (χ2n) is 2.65. The van der Waals surface area contributed by atoms with Crippen LogP contribution in [0.1, 0.15) is 1.37 Å². The van der Waals surface area contributed by atoms with E-state index < -0.39 is 37.3 Å². The SMILES string of the molecule is [2H][C@@]1(O)[C@@H](O)[C@@H](O)CO[C@@]1(O)CO. The highest BCUT2D eigenvalue weighted by molar-refractivity contribution is 4.90. The zero-order valence-electron chi connectivity index (χ0n) is 7.21. The van der Waals surface area contributed by atoms with E-state index in [0.717, 1.165) is 0 Å². The maximum Gasteiger partial charge on any atom is 0.218 e. The highest BCUT2D eigenvalue weighted by Crippen LogP contribution is 2.22. The average molecular weight is 181 g/mol. The van der Waals surface area contributed by atoms with E-state index in [0.29, 0.717) is 0 Å². The number of hydrogen-bond donors (Lipinski definition) is 5. The lowest BCUT2D eigenvalue weighted by Gasteiger charge is -2.40. The maximum atomic E-state index is 9.32. The minimum absolute atomic E-state index is 0.459. The van der Waals surface area contributed by atoms with Gasteiger partial charge < -0.3 is 30.3 Å². The molecule has 1 aliphatic rings. The monoisotopic (exact) mass is 181 g/mol. The molecular weight excluding hydrogens is 168 g/mol. The van der Waals surface area contributed by atoms with Crippen LogP contribution in [-0.2, 0) is 4.74 Å². The molecular formula is C6H12O6. The molecule has 12 heavy (non-hydrogen) atoms. The van der Waals surface area contributed by atoms with E-state index in [1.165, 1.54) is 0 Å². The summed E-state index contributed by atoms with van der Waals surface area (Å²) in [6, 6.07) is 0. The molecule has 4 atom stereocenters. The summed E-state index contributed by atoms with van der Waals surface area (Å²) in [6.45, 7) is -1.50. The molecule has 1 heterocycles. The number of rotatable bonds is 1. The van der Waals surface area contributed by atoms with E-state index in [-0.39, 0.29) is 0 Å². The molecule has 0 spiro atoms. The van der Waals surface area contributed by atoms with Crippen LogP contribution in [0.2, 0.25) is 0 Å². The van der Waals surface area contributed by atoms with Crippen molar-refractivity contribution in [3.63, 3.8) is 0 Å². The standard InChI is InChI=1S/C6H12O6/c7-2-6(11)5(10)4(9)3(8)1-12-6/h3-5,7-11H,1-2H2/t3-,4-,5+,6-/m0/s1/i5D. The molecule has 72 valence electrons. The molecule has 0 radical (unpaired) electrons. The van der Waals surface area contributed by atoms with E-state index >= 15 is 0 Å². The molecule has 0 unspecified atom stereocenters. The minimum atomic E-state index is -2.85. The first kappa shape index (κ1) is 8.36. The summed E-state index contributed by atoms with van der Waals surface area (Å²) in [5.41, 5.74) is 0. The summed E-state index contributed by atoms with van der Waals surface area (Å²) in [4.78, 5) is 0. The molecule has 1 fully saturated rings. The fraction of sp³-hybridized carbons (Fsp3) is 1.00. The predicted octanol–water partition coefficient (Wildman–Crippen LogP) is -3.22. The van der Waals surface area contributed by atoms with Crippen molar-refractivity contribution in [1.29, 1.82) is 0 Å². The van der Waals surface area contributed by atoms with E-state index in [9.17, 15) is 10.2 Å². The van der Waals surface area contributed by atoms with Crippen molar-refractivity contribution < 1.29 is 31.6 Å². The smallest absolute Gasteiger partial charge is 0.218 e. The quantitative estimate of drug-likeness (QED) is 0.291. The largest absolute Gasteiger partial charge is 0.391 e. The van der Waals surface area contributed by atoms with Gasteiger partial charge >= 0.3 is 0 Å². The zero-order valence-corrected chi connectivity index (χ0v) is 6.21. The van der Waals surface area contributed by atoms with Gasteiger partial charge in [-0.3, -0.25) is 0 Å². The topological polar surface area (TPSA) is 110 Å². The maximum absolute atomic E-state index is 9.32. The Hall–Kier alpha value is -0.240. The Balaban J connectivity index is 2.92. The number of hydrogen-bond acceptors (Lipinski definition) is 6. The van der Waals surface area contributed by atoms with E-state index in [1.807, 2.05) is 0 Å². The van der Waals surface area contributed by atoms with Gasteiger partial charge in [-0.15, -0.1) is 0 Å². The molecule has 0 aromatic carbocycles. The van der Waals surface area contributed by atoms with Crippen molar-refractivity contribution in [3.05, 3.63) is 0 Å². The summed E-state index contributed by atoms with van der Waals surface area (Å²) in [6.07, 6.45) is -6.20. The van der Waals surface area contributed by atoms with Crippen molar-refractivity contribution >= 4 is 0 Å². The first-order valence-corrected chi connectivity index (χ1v) is 3.41. The van der Waals surface area contributed by atoms with E-state index in [2.05, 4.69) is 4.74 Å². The van der Waals surface area contributed by atoms with Gasteiger partial charge in [-0.05, 0) is 0 Å². The Bertz CT molecular complexity index is 198. The van der Waals surface area contributed by atoms with Gasteiger partial charge in [0.25, 0.3) is 0 Å². The minimum Gasteiger partial charge on any atom is -0.391 e. The van der Waals surface area contributed by atoms with E-state index in [1.54, 1.807) is 0 Å². The van der Waals surface area contributed by atoms with Crippen molar-refractivity contribution in [3.8, 4) is 0 Å². The molecule has 1 saturated heterocycles. The summed E-state index contributed by atoms with van der Waals surface area (Å²) in [5.74, 6) is -2.56. The van der Waals surface area contributed by atoms with Gasteiger partial charge in [0.2, 0.25) is 5.79 Å². The van der Waals surface area contributed by atoms with Crippen LogP contribution in [0.3, 0.4) is 0 Å². The third-order valence-corrected chi connectivity index (χ3v) is 1.75. The third kappa shape index (κ3) is 1.45. The molecule has 6 nitrogen and oxygen atoms in total. The van der Waals surface area contributed by atoms with Crippen molar-refractivity contribution in [2.45, 2.75) is 24.1 Å². The fourth-order valence-electron chi connectivity index (χ4n) is 0.928. The van der Waals surface area contributed by atoms with Crippen LogP contribution < -0.4 is 0 Å². The Morgan fingerprint density at radius 2 is 2.08 bits per heavy atom. The van der Waals surface area contributed by atoms with Crippen LogP contribution in [0.5, 0.6) is 0 Å². The molecule has 1 aliphatic heterocycles. The molecule has 1 rings (SSSR count). The molecule has 5 N–H and O–H groups in total. The summed E-state index contributed by atoms with van der Waals surface area (Å²) in [7, 11) is 0. The first-order chi connectivity index (χ1) is 5.85. The zero-order chi connectivity index (χ0) is 10.3. The molecule has 0 aromatic heterocycles. The van der Waals surface area contributed by atoms with Gasteiger partial charge in [0.05, 0.1) is 14.6 Å². The van der Waals surface area contributed by atoms with E-state index in [4.69, 9.17) is 16.7 Å². The summed E-state index contributed by atoms with van der Waals surface area (Å²) in [5, 5.41) is 45.3. The molecule has 0 saturated carbocycles. The Morgan fingerprint density at radius 1 is 1.50 bits per heavy atom. The van der Waals surface area contributed by atoms with Crippen LogP contribution in [0.15, 0.2) is 0 Å². The Labute approximate surface area is 70.0 Å². The summed E-state index contributed by atoms with van der Waals surface area (Å²) >= 11 is 0. The molecule has 0 amide bonds. The Kier molecular flexibility index (Phi) is 2.26. The second kappa shape index (κ2) is 3.25. The van der Waals surface area contributed by atoms with Gasteiger partial charge in [0.15, 0.2) is 0 Å². The average Bonchev–Trinajstić information content (AvgIpc) is 2.09. The molecule has 0 aromatic rings. The lowest BCUT2D eigenvalue weighted by atomic mass is 9.98. The van der Waals surface area contributed by atoms with Crippen molar-refractivity contribution in [2.75, 3.05) is 13.2 Å². The number of ether oxygens (including phenoxy) is 1. The van der Waals surface area contributed by atoms with Gasteiger partial charge in [-0.25, -0.2) is 0 Å².